The Labute approximate surface area is 189 Å². The highest BCUT2D eigenvalue weighted by molar-refractivity contribution is 7.89. The molecule has 0 aliphatic carbocycles. The number of non-ortho nitro benzene ring substituents is 1. The first-order valence-corrected chi connectivity index (χ1v) is 11.7. The number of nitro benzene ring substituents is 1. The van der Waals surface area contributed by atoms with Crippen LogP contribution >= 0.6 is 34.8 Å². The second-order valence-corrected chi connectivity index (χ2v) is 10.2. The number of sulfonamides is 1. The SMILES string of the molecule is CC1CCCC(C)N1S(=O)(=O)c1cc(Cl)c(Oc2ccc([N+](=O)[O-])cc2Cl)c(Cl)c1. The molecule has 11 heteroatoms. The van der Waals surface area contributed by atoms with Crippen molar-refractivity contribution in [2.24, 2.45) is 0 Å². The molecule has 162 valence electrons. The van der Waals surface area contributed by atoms with Crippen molar-refractivity contribution in [2.75, 3.05) is 0 Å². The molecule has 1 fully saturated rings. The smallest absolute Gasteiger partial charge is 0.271 e. The van der Waals surface area contributed by atoms with Crippen molar-refractivity contribution in [1.29, 1.82) is 0 Å². The summed E-state index contributed by atoms with van der Waals surface area (Å²) >= 11 is 18.6. The van der Waals surface area contributed by atoms with Gasteiger partial charge in [0.15, 0.2) is 5.75 Å². The van der Waals surface area contributed by atoms with Gasteiger partial charge in [0, 0.05) is 24.2 Å². The van der Waals surface area contributed by atoms with Gasteiger partial charge in [0.2, 0.25) is 10.0 Å². The molecule has 2 unspecified atom stereocenters. The topological polar surface area (TPSA) is 89.8 Å². The summed E-state index contributed by atoms with van der Waals surface area (Å²) in [5, 5.41) is 10.8. The molecule has 1 saturated heterocycles. The molecule has 0 amide bonds. The van der Waals surface area contributed by atoms with Crippen molar-refractivity contribution in [3.8, 4) is 11.5 Å². The maximum atomic E-state index is 13.2. The number of rotatable bonds is 5. The van der Waals surface area contributed by atoms with E-state index in [0.717, 1.165) is 25.3 Å². The van der Waals surface area contributed by atoms with Crippen LogP contribution in [0.1, 0.15) is 33.1 Å². The van der Waals surface area contributed by atoms with Crippen LogP contribution in [0, 0.1) is 10.1 Å². The first-order chi connectivity index (χ1) is 14.0. The summed E-state index contributed by atoms with van der Waals surface area (Å²) in [6.45, 7) is 3.76. The van der Waals surface area contributed by atoms with Gasteiger partial charge in [-0.3, -0.25) is 10.1 Å². The van der Waals surface area contributed by atoms with Crippen molar-refractivity contribution in [1.82, 2.24) is 4.31 Å². The van der Waals surface area contributed by atoms with E-state index >= 15 is 0 Å². The number of halogens is 3. The van der Waals surface area contributed by atoms with Crippen LogP contribution in [-0.4, -0.2) is 29.7 Å². The molecule has 0 N–H and O–H groups in total. The number of hydrogen-bond donors (Lipinski definition) is 0. The fourth-order valence-electron chi connectivity index (χ4n) is 3.57. The number of nitrogens with zero attached hydrogens (tertiary/aromatic N) is 2. The molecule has 7 nitrogen and oxygen atoms in total. The zero-order chi connectivity index (χ0) is 22.2. The summed E-state index contributed by atoms with van der Waals surface area (Å²) in [7, 11) is -3.81. The van der Waals surface area contributed by atoms with E-state index < -0.39 is 14.9 Å². The van der Waals surface area contributed by atoms with E-state index in [-0.39, 0.29) is 49.2 Å². The highest BCUT2D eigenvalue weighted by Crippen LogP contribution is 2.42. The maximum absolute atomic E-state index is 13.2. The van der Waals surface area contributed by atoms with Crippen molar-refractivity contribution in [3.63, 3.8) is 0 Å². The number of piperidine rings is 1. The second kappa shape index (κ2) is 8.88. The summed E-state index contributed by atoms with van der Waals surface area (Å²) in [6.07, 6.45) is 2.54. The summed E-state index contributed by atoms with van der Waals surface area (Å²) < 4.78 is 33.6. The summed E-state index contributed by atoms with van der Waals surface area (Å²) in [4.78, 5) is 10.2. The molecular formula is C19H19Cl3N2O5S. The third-order valence-electron chi connectivity index (χ3n) is 5.00. The molecule has 0 bridgehead atoms. The Balaban J connectivity index is 1.95. The van der Waals surface area contributed by atoms with Crippen LogP contribution in [0.4, 0.5) is 5.69 Å². The number of hydrogen-bond acceptors (Lipinski definition) is 5. The summed E-state index contributed by atoms with van der Waals surface area (Å²) in [5.41, 5.74) is -0.198. The van der Waals surface area contributed by atoms with Crippen LogP contribution in [-0.2, 0) is 10.0 Å². The van der Waals surface area contributed by atoms with Crippen molar-refractivity contribution in [3.05, 3.63) is 55.5 Å². The Kier molecular flexibility index (Phi) is 6.84. The van der Waals surface area contributed by atoms with Gasteiger partial charge in [0.1, 0.15) is 5.75 Å². The van der Waals surface area contributed by atoms with Gasteiger partial charge in [-0.1, -0.05) is 41.2 Å². The zero-order valence-corrected chi connectivity index (χ0v) is 19.2. The van der Waals surface area contributed by atoms with E-state index in [1.54, 1.807) is 0 Å². The second-order valence-electron chi connectivity index (χ2n) is 7.15. The van der Waals surface area contributed by atoms with Crippen molar-refractivity contribution < 1.29 is 18.1 Å². The fourth-order valence-corrected chi connectivity index (χ4v) is 6.41. The van der Waals surface area contributed by atoms with E-state index in [0.29, 0.717) is 0 Å². The van der Waals surface area contributed by atoms with E-state index in [2.05, 4.69) is 0 Å². The Morgan fingerprint density at radius 2 is 1.60 bits per heavy atom. The van der Waals surface area contributed by atoms with Gasteiger partial charge >= 0.3 is 0 Å². The number of ether oxygens (including phenoxy) is 1. The highest BCUT2D eigenvalue weighted by Gasteiger charge is 2.36. The van der Waals surface area contributed by atoms with Crippen LogP contribution < -0.4 is 4.74 Å². The number of nitro groups is 1. The average molecular weight is 494 g/mol. The van der Waals surface area contributed by atoms with E-state index in [9.17, 15) is 18.5 Å². The first-order valence-electron chi connectivity index (χ1n) is 9.16. The van der Waals surface area contributed by atoms with E-state index in [4.69, 9.17) is 39.5 Å². The van der Waals surface area contributed by atoms with Crippen LogP contribution in [0.2, 0.25) is 15.1 Å². The Morgan fingerprint density at radius 1 is 1.03 bits per heavy atom. The van der Waals surface area contributed by atoms with E-state index in [1.165, 1.54) is 28.6 Å². The van der Waals surface area contributed by atoms with Gasteiger partial charge in [0.25, 0.3) is 5.69 Å². The van der Waals surface area contributed by atoms with Crippen LogP contribution in [0.5, 0.6) is 11.5 Å². The van der Waals surface area contributed by atoms with Gasteiger partial charge in [-0.2, -0.15) is 4.31 Å². The number of benzene rings is 2. The summed E-state index contributed by atoms with van der Waals surface area (Å²) in [6, 6.07) is 5.97. The lowest BCUT2D eigenvalue weighted by Gasteiger charge is -2.37. The van der Waals surface area contributed by atoms with Crippen LogP contribution in [0.25, 0.3) is 0 Å². The Bertz CT molecular complexity index is 1060. The van der Waals surface area contributed by atoms with E-state index in [1.807, 2.05) is 13.8 Å². The molecule has 30 heavy (non-hydrogen) atoms. The normalized spacial score (nSPS) is 20.2. The predicted molar refractivity (Wildman–Crippen MR) is 116 cm³/mol. The van der Waals surface area contributed by atoms with Gasteiger partial charge in [-0.25, -0.2) is 8.42 Å². The minimum absolute atomic E-state index is 0.00720. The standard InChI is InChI=1S/C19H19Cl3N2O5S/c1-11-4-3-5-12(2)23(11)30(27,28)14-9-16(21)19(17(22)10-14)29-18-7-6-13(24(25)26)8-15(18)20/h6-12H,3-5H2,1-2H3. The Morgan fingerprint density at radius 3 is 2.10 bits per heavy atom. The lowest BCUT2D eigenvalue weighted by Crippen LogP contribution is -2.47. The minimum atomic E-state index is -3.81. The molecule has 1 aliphatic heterocycles. The lowest BCUT2D eigenvalue weighted by molar-refractivity contribution is -0.384. The van der Waals surface area contributed by atoms with Gasteiger partial charge < -0.3 is 4.74 Å². The molecule has 0 radical (unpaired) electrons. The molecule has 2 aromatic rings. The maximum Gasteiger partial charge on any atom is 0.271 e. The fraction of sp³-hybridized carbons (Fsp3) is 0.368. The molecular weight excluding hydrogens is 475 g/mol. The summed E-state index contributed by atoms with van der Waals surface area (Å²) in [5.74, 6) is 0.104. The van der Waals surface area contributed by atoms with Gasteiger partial charge in [0.05, 0.1) is 24.9 Å². The third-order valence-corrected chi connectivity index (χ3v) is 7.96. The molecule has 2 aromatic carbocycles. The zero-order valence-electron chi connectivity index (χ0n) is 16.1. The molecule has 2 atom stereocenters. The van der Waals surface area contributed by atoms with Gasteiger partial charge in [-0.05, 0) is 44.9 Å². The largest absolute Gasteiger partial charge is 0.453 e. The van der Waals surface area contributed by atoms with Crippen molar-refractivity contribution >= 4 is 50.5 Å². The first kappa shape index (κ1) is 23.1. The Hall–Kier alpha value is -1.58. The minimum Gasteiger partial charge on any atom is -0.453 e. The average Bonchev–Trinajstić information content (AvgIpc) is 2.65. The van der Waals surface area contributed by atoms with Crippen molar-refractivity contribution in [2.45, 2.75) is 50.1 Å². The highest BCUT2D eigenvalue weighted by atomic mass is 35.5. The monoisotopic (exact) mass is 492 g/mol. The van der Waals surface area contributed by atoms with Gasteiger partial charge in [-0.15, -0.1) is 0 Å². The molecule has 0 saturated carbocycles. The lowest BCUT2D eigenvalue weighted by atomic mass is 10.0. The van der Waals surface area contributed by atoms with Crippen LogP contribution in [0.15, 0.2) is 35.2 Å². The molecule has 1 heterocycles. The van der Waals surface area contributed by atoms with Crippen LogP contribution in [0.3, 0.4) is 0 Å². The molecule has 0 aromatic heterocycles. The predicted octanol–water partition coefficient (Wildman–Crippen LogP) is 6.30. The quantitative estimate of drug-likeness (QED) is 0.360. The third kappa shape index (κ3) is 4.53. The molecule has 3 rings (SSSR count). The molecule has 1 aliphatic rings. The molecule has 0 spiro atoms.